The molecule has 0 saturated carbocycles. The molecule has 7 nitrogen and oxygen atoms in total. The third-order valence-electron chi connectivity index (χ3n) is 4.10. The van der Waals surface area contributed by atoms with Gasteiger partial charge in [-0.25, -0.2) is 19.8 Å². The highest BCUT2D eigenvalue weighted by Gasteiger charge is 2.23. The molecule has 0 aliphatic carbocycles. The predicted octanol–water partition coefficient (Wildman–Crippen LogP) is 1.26. The Bertz CT molecular complexity index is 790. The van der Waals surface area contributed by atoms with Crippen molar-refractivity contribution in [2.75, 3.05) is 24.5 Å². The lowest BCUT2D eigenvalue weighted by molar-refractivity contribution is 0.410. The predicted molar refractivity (Wildman–Crippen MR) is 92.8 cm³/mol. The van der Waals surface area contributed by atoms with Gasteiger partial charge in [0.15, 0.2) is 0 Å². The number of nitrogens with one attached hydrogen (secondary N) is 1. The van der Waals surface area contributed by atoms with Gasteiger partial charge in [0.1, 0.15) is 17.0 Å². The van der Waals surface area contributed by atoms with Crippen molar-refractivity contribution in [3.05, 3.63) is 17.3 Å². The van der Waals surface area contributed by atoms with Crippen LogP contribution in [0.4, 0.5) is 5.82 Å². The van der Waals surface area contributed by atoms with Crippen molar-refractivity contribution in [3.63, 3.8) is 0 Å². The highest BCUT2D eigenvalue weighted by Crippen LogP contribution is 2.32. The van der Waals surface area contributed by atoms with E-state index in [1.807, 2.05) is 0 Å². The van der Waals surface area contributed by atoms with Gasteiger partial charge in [-0.05, 0) is 31.2 Å². The fourth-order valence-corrected chi connectivity index (χ4v) is 4.37. The van der Waals surface area contributed by atoms with Gasteiger partial charge in [0.2, 0.25) is 0 Å². The van der Waals surface area contributed by atoms with Crippen LogP contribution in [0.25, 0.3) is 10.2 Å². The standard InChI is InChI=1S/C14H21N5O2S2/c1-2-11-6-12-13(16-9-17-14(12)22-11)19-5-3-4-10(8-19)7-18-23(15,20)21/h6,9-10,18H,2-5,7-8H2,1H3,(H2,15,20,21). The normalized spacial score (nSPS) is 19.4. The smallest absolute Gasteiger partial charge is 0.274 e. The van der Waals surface area contributed by atoms with Crippen LogP contribution in [0.5, 0.6) is 0 Å². The molecule has 0 aromatic carbocycles. The molecular formula is C14H21N5O2S2. The molecule has 126 valence electrons. The lowest BCUT2D eigenvalue weighted by Gasteiger charge is -2.33. The first-order valence-electron chi connectivity index (χ1n) is 7.72. The number of hydrogen-bond donors (Lipinski definition) is 2. The Kier molecular flexibility index (Phi) is 4.81. The van der Waals surface area contributed by atoms with Gasteiger partial charge in [-0.3, -0.25) is 0 Å². The van der Waals surface area contributed by atoms with Crippen molar-refractivity contribution >= 4 is 37.6 Å². The van der Waals surface area contributed by atoms with Crippen LogP contribution >= 0.6 is 11.3 Å². The number of hydrogen-bond acceptors (Lipinski definition) is 6. The summed E-state index contributed by atoms with van der Waals surface area (Å²) in [5.74, 6) is 1.18. The van der Waals surface area contributed by atoms with Crippen molar-refractivity contribution in [1.82, 2.24) is 14.7 Å². The number of thiophene rings is 1. The fourth-order valence-electron chi connectivity index (χ4n) is 2.98. The van der Waals surface area contributed by atoms with Crippen molar-refractivity contribution < 1.29 is 8.42 Å². The minimum absolute atomic E-state index is 0.233. The minimum Gasteiger partial charge on any atom is -0.356 e. The largest absolute Gasteiger partial charge is 0.356 e. The quantitative estimate of drug-likeness (QED) is 0.841. The molecule has 1 unspecified atom stereocenters. The van der Waals surface area contributed by atoms with E-state index in [-0.39, 0.29) is 5.92 Å². The van der Waals surface area contributed by atoms with Crippen LogP contribution in [-0.4, -0.2) is 38.0 Å². The third-order valence-corrected chi connectivity index (χ3v) is 5.86. The van der Waals surface area contributed by atoms with E-state index >= 15 is 0 Å². The zero-order chi connectivity index (χ0) is 16.4. The molecule has 3 rings (SSSR count). The number of rotatable bonds is 5. The molecule has 1 aliphatic rings. The zero-order valence-corrected chi connectivity index (χ0v) is 14.7. The van der Waals surface area contributed by atoms with E-state index in [9.17, 15) is 8.42 Å². The highest BCUT2D eigenvalue weighted by atomic mass is 32.2. The molecule has 0 bridgehead atoms. The SMILES string of the molecule is CCc1cc2c(N3CCCC(CNS(N)(=O)=O)C3)ncnc2s1. The van der Waals surface area contributed by atoms with E-state index < -0.39 is 10.2 Å². The Balaban J connectivity index is 1.79. The van der Waals surface area contributed by atoms with E-state index in [4.69, 9.17) is 5.14 Å². The van der Waals surface area contributed by atoms with E-state index in [1.54, 1.807) is 17.7 Å². The Morgan fingerprint density at radius 3 is 3.04 bits per heavy atom. The molecule has 1 fully saturated rings. The number of fused-ring (bicyclic) bond motifs is 1. The van der Waals surface area contributed by atoms with Gasteiger partial charge >= 0.3 is 0 Å². The first kappa shape index (κ1) is 16.6. The fraction of sp³-hybridized carbons (Fsp3) is 0.571. The van der Waals surface area contributed by atoms with Crippen LogP contribution in [0.3, 0.4) is 0 Å². The van der Waals surface area contributed by atoms with Crippen LogP contribution in [0.15, 0.2) is 12.4 Å². The second kappa shape index (κ2) is 6.68. The highest BCUT2D eigenvalue weighted by molar-refractivity contribution is 7.87. The van der Waals surface area contributed by atoms with Crippen molar-refractivity contribution in [2.45, 2.75) is 26.2 Å². The van der Waals surface area contributed by atoms with Gasteiger partial charge < -0.3 is 4.90 Å². The number of nitrogens with two attached hydrogens (primary N) is 1. The van der Waals surface area contributed by atoms with Gasteiger partial charge in [0, 0.05) is 24.5 Å². The number of aryl methyl sites for hydroxylation is 1. The molecule has 9 heteroatoms. The summed E-state index contributed by atoms with van der Waals surface area (Å²) in [6.45, 7) is 4.20. The molecule has 3 N–H and O–H groups in total. The molecule has 0 spiro atoms. The Hall–Kier alpha value is -1.29. The second-order valence-corrected chi connectivity index (χ2v) is 8.32. The minimum atomic E-state index is -3.63. The Morgan fingerprint density at radius 1 is 1.48 bits per heavy atom. The van der Waals surface area contributed by atoms with Crippen molar-refractivity contribution in [3.8, 4) is 0 Å². The number of aromatic nitrogens is 2. The summed E-state index contributed by atoms with van der Waals surface area (Å²) in [4.78, 5) is 13.4. The second-order valence-electron chi connectivity index (χ2n) is 5.83. The van der Waals surface area contributed by atoms with E-state index in [0.29, 0.717) is 6.54 Å². The zero-order valence-electron chi connectivity index (χ0n) is 13.0. The Morgan fingerprint density at radius 2 is 2.30 bits per heavy atom. The van der Waals surface area contributed by atoms with E-state index in [1.165, 1.54) is 4.88 Å². The summed E-state index contributed by atoms with van der Waals surface area (Å²) in [5.41, 5.74) is 0. The van der Waals surface area contributed by atoms with Gasteiger partial charge in [0.25, 0.3) is 10.2 Å². The number of nitrogens with zero attached hydrogens (tertiary/aromatic N) is 3. The molecule has 0 amide bonds. The van der Waals surface area contributed by atoms with Crippen LogP contribution in [-0.2, 0) is 16.6 Å². The average Bonchev–Trinajstić information content (AvgIpc) is 2.95. The van der Waals surface area contributed by atoms with Crippen molar-refractivity contribution in [2.24, 2.45) is 11.1 Å². The van der Waals surface area contributed by atoms with Gasteiger partial charge in [-0.2, -0.15) is 8.42 Å². The first-order chi connectivity index (χ1) is 11.0. The molecule has 23 heavy (non-hydrogen) atoms. The summed E-state index contributed by atoms with van der Waals surface area (Å²) >= 11 is 1.70. The number of anilines is 1. The number of piperidine rings is 1. The van der Waals surface area contributed by atoms with Gasteiger partial charge in [-0.15, -0.1) is 11.3 Å². The maximum atomic E-state index is 11.1. The van der Waals surface area contributed by atoms with Crippen LogP contribution in [0.1, 0.15) is 24.6 Å². The summed E-state index contributed by atoms with van der Waals surface area (Å²) in [6, 6.07) is 2.17. The molecule has 2 aromatic heterocycles. The topological polar surface area (TPSA) is 101 Å². The van der Waals surface area contributed by atoms with Crippen LogP contribution < -0.4 is 14.8 Å². The summed E-state index contributed by atoms with van der Waals surface area (Å²) in [5, 5.41) is 6.11. The monoisotopic (exact) mass is 355 g/mol. The lowest BCUT2D eigenvalue weighted by Crippen LogP contribution is -2.42. The summed E-state index contributed by atoms with van der Waals surface area (Å²) in [6.07, 6.45) is 4.59. The summed E-state index contributed by atoms with van der Waals surface area (Å²) in [7, 11) is -3.63. The van der Waals surface area contributed by atoms with Crippen molar-refractivity contribution in [1.29, 1.82) is 0 Å². The van der Waals surface area contributed by atoms with Crippen LogP contribution in [0, 0.1) is 5.92 Å². The molecular weight excluding hydrogens is 334 g/mol. The van der Waals surface area contributed by atoms with E-state index in [0.717, 1.165) is 48.4 Å². The molecule has 1 saturated heterocycles. The maximum Gasteiger partial charge on any atom is 0.274 e. The molecule has 1 aliphatic heterocycles. The maximum absolute atomic E-state index is 11.1. The molecule has 2 aromatic rings. The first-order valence-corrected chi connectivity index (χ1v) is 10.1. The molecule has 1 atom stereocenters. The lowest BCUT2D eigenvalue weighted by atomic mass is 9.98. The average molecular weight is 355 g/mol. The molecule has 0 radical (unpaired) electrons. The van der Waals surface area contributed by atoms with Gasteiger partial charge in [-0.1, -0.05) is 6.92 Å². The van der Waals surface area contributed by atoms with Crippen LogP contribution in [0.2, 0.25) is 0 Å². The summed E-state index contributed by atoms with van der Waals surface area (Å²) < 4.78 is 24.5. The third kappa shape index (κ3) is 3.97. The van der Waals surface area contributed by atoms with Gasteiger partial charge in [0.05, 0.1) is 5.39 Å². The van der Waals surface area contributed by atoms with E-state index in [2.05, 4.69) is 32.6 Å². The molecule has 3 heterocycles. The Labute approximate surface area is 140 Å².